The second-order valence-corrected chi connectivity index (χ2v) is 5.20. The molecule has 0 aliphatic heterocycles. The van der Waals surface area contributed by atoms with Gasteiger partial charge in [-0.25, -0.2) is 4.79 Å². The second kappa shape index (κ2) is 4.46. The summed E-state index contributed by atoms with van der Waals surface area (Å²) in [7, 11) is 0. The molecular weight excluding hydrogens is 242 g/mol. The Hall–Kier alpha value is -1.40. The van der Waals surface area contributed by atoms with Gasteiger partial charge in [-0.2, -0.15) is 0 Å². The van der Waals surface area contributed by atoms with Crippen molar-refractivity contribution in [2.75, 3.05) is 5.32 Å². The molecule has 2 rings (SSSR count). The predicted octanol–water partition coefficient (Wildman–Crippen LogP) is 1.25. The van der Waals surface area contributed by atoms with E-state index in [1.165, 1.54) is 18.3 Å². The summed E-state index contributed by atoms with van der Waals surface area (Å²) in [4.78, 5) is 23.1. The fourth-order valence-electron chi connectivity index (χ4n) is 2.04. The molecule has 1 aliphatic rings. The zero-order chi connectivity index (χ0) is 12.6. The van der Waals surface area contributed by atoms with Crippen LogP contribution in [0.25, 0.3) is 0 Å². The van der Waals surface area contributed by atoms with E-state index in [0.717, 1.165) is 10.4 Å². The van der Waals surface area contributed by atoms with Gasteiger partial charge in [0.25, 0.3) is 0 Å². The third-order valence-corrected chi connectivity index (χ3v) is 3.91. The Morgan fingerprint density at radius 3 is 2.76 bits per heavy atom. The van der Waals surface area contributed by atoms with Gasteiger partial charge in [0.1, 0.15) is 5.00 Å². The van der Waals surface area contributed by atoms with Crippen LogP contribution in [0.4, 0.5) is 5.00 Å². The summed E-state index contributed by atoms with van der Waals surface area (Å²) in [6, 6.07) is 0. The highest BCUT2D eigenvalue weighted by Crippen LogP contribution is 2.38. The lowest BCUT2D eigenvalue weighted by atomic mass is 9.93. The van der Waals surface area contributed by atoms with E-state index in [-0.39, 0.29) is 11.5 Å². The van der Waals surface area contributed by atoms with Gasteiger partial charge in [0.2, 0.25) is 5.91 Å². The quantitative estimate of drug-likeness (QED) is 0.742. The topological polar surface area (TPSA) is 86.6 Å². The Kier molecular flexibility index (Phi) is 3.17. The molecule has 17 heavy (non-hydrogen) atoms. The van der Waals surface area contributed by atoms with E-state index in [1.54, 1.807) is 0 Å². The van der Waals surface area contributed by atoms with Crippen molar-refractivity contribution in [2.24, 2.45) is 0 Å². The van der Waals surface area contributed by atoms with Crippen LogP contribution >= 0.6 is 11.3 Å². The minimum absolute atomic E-state index is 0.187. The van der Waals surface area contributed by atoms with Gasteiger partial charge in [-0.3, -0.25) is 4.79 Å². The molecule has 92 valence electrons. The maximum Gasteiger partial charge on any atom is 0.339 e. The first-order valence-electron chi connectivity index (χ1n) is 5.32. The Labute approximate surface area is 102 Å². The van der Waals surface area contributed by atoms with Crippen molar-refractivity contribution in [3.05, 3.63) is 16.0 Å². The van der Waals surface area contributed by atoms with Gasteiger partial charge in [-0.1, -0.05) is 0 Å². The van der Waals surface area contributed by atoms with Crippen LogP contribution in [0, 0.1) is 0 Å². The number of carboxylic acid groups (broad SMARTS) is 1. The van der Waals surface area contributed by atoms with Crippen LogP contribution in [0.15, 0.2) is 0 Å². The molecule has 0 radical (unpaired) electrons. The van der Waals surface area contributed by atoms with Crippen LogP contribution in [-0.4, -0.2) is 28.2 Å². The van der Waals surface area contributed by atoms with Gasteiger partial charge >= 0.3 is 5.97 Å². The number of aliphatic hydroxyl groups excluding tert-OH is 1. The highest BCUT2D eigenvalue weighted by Gasteiger charge is 2.28. The molecule has 0 bridgehead atoms. The summed E-state index contributed by atoms with van der Waals surface area (Å²) < 4.78 is 0. The molecule has 3 N–H and O–H groups in total. The van der Waals surface area contributed by atoms with E-state index in [2.05, 4.69) is 5.32 Å². The van der Waals surface area contributed by atoms with Gasteiger partial charge in [0, 0.05) is 18.2 Å². The molecule has 1 aromatic heterocycles. The number of carbonyl (C=O) groups is 2. The second-order valence-electron chi connectivity index (χ2n) is 4.09. The summed E-state index contributed by atoms with van der Waals surface area (Å²) in [6.45, 7) is 1.35. The van der Waals surface area contributed by atoms with Gasteiger partial charge in [0.15, 0.2) is 0 Å². The highest BCUT2D eigenvalue weighted by molar-refractivity contribution is 7.17. The third-order valence-electron chi connectivity index (χ3n) is 2.74. The minimum atomic E-state index is -1.03. The Morgan fingerprint density at radius 2 is 2.18 bits per heavy atom. The van der Waals surface area contributed by atoms with Crippen molar-refractivity contribution < 1.29 is 19.8 Å². The number of hydrogen-bond donors (Lipinski definition) is 3. The Morgan fingerprint density at radius 1 is 1.47 bits per heavy atom. The first-order chi connectivity index (χ1) is 7.99. The molecule has 1 amide bonds. The van der Waals surface area contributed by atoms with Crippen molar-refractivity contribution in [3.8, 4) is 0 Å². The molecule has 0 spiro atoms. The SMILES string of the molecule is CC(=O)Nc1sc2c(c1C(=O)O)CCC(O)C2. The van der Waals surface area contributed by atoms with Crippen molar-refractivity contribution in [1.29, 1.82) is 0 Å². The normalized spacial score (nSPS) is 18.6. The first kappa shape index (κ1) is 12.1. The van der Waals surface area contributed by atoms with E-state index in [4.69, 9.17) is 0 Å². The molecule has 0 fully saturated rings. The first-order valence-corrected chi connectivity index (χ1v) is 6.14. The van der Waals surface area contributed by atoms with E-state index >= 15 is 0 Å². The van der Waals surface area contributed by atoms with Crippen LogP contribution < -0.4 is 5.32 Å². The molecule has 1 heterocycles. The lowest BCUT2D eigenvalue weighted by Crippen LogP contribution is -2.18. The van der Waals surface area contributed by atoms with Crippen molar-refractivity contribution >= 4 is 28.2 Å². The lowest BCUT2D eigenvalue weighted by Gasteiger charge is -2.16. The number of aliphatic hydroxyl groups is 1. The fraction of sp³-hybridized carbons (Fsp3) is 0.455. The predicted molar refractivity (Wildman–Crippen MR) is 63.6 cm³/mol. The maximum absolute atomic E-state index is 11.2. The summed E-state index contributed by atoms with van der Waals surface area (Å²) in [6.07, 6.45) is 1.19. The number of thiophene rings is 1. The van der Waals surface area contributed by atoms with E-state index in [9.17, 15) is 19.8 Å². The molecule has 1 aliphatic carbocycles. The molecule has 5 nitrogen and oxygen atoms in total. The third kappa shape index (κ3) is 2.32. The Bertz CT molecular complexity index is 480. The van der Waals surface area contributed by atoms with Crippen LogP contribution in [0.5, 0.6) is 0 Å². The molecule has 0 aromatic carbocycles. The zero-order valence-corrected chi connectivity index (χ0v) is 10.1. The van der Waals surface area contributed by atoms with E-state index < -0.39 is 12.1 Å². The van der Waals surface area contributed by atoms with Crippen molar-refractivity contribution in [3.63, 3.8) is 0 Å². The van der Waals surface area contributed by atoms with Gasteiger partial charge in [0.05, 0.1) is 11.7 Å². The average Bonchev–Trinajstić information content (AvgIpc) is 2.53. The van der Waals surface area contributed by atoms with Crippen LogP contribution in [-0.2, 0) is 17.6 Å². The molecule has 1 unspecified atom stereocenters. The molecule has 0 saturated carbocycles. The van der Waals surface area contributed by atoms with Crippen molar-refractivity contribution in [2.45, 2.75) is 32.3 Å². The number of anilines is 1. The number of aromatic carboxylic acids is 1. The number of amides is 1. The van der Waals surface area contributed by atoms with Crippen LogP contribution in [0.2, 0.25) is 0 Å². The monoisotopic (exact) mass is 255 g/mol. The number of nitrogens with one attached hydrogen (secondary N) is 1. The maximum atomic E-state index is 11.2. The highest BCUT2D eigenvalue weighted by atomic mass is 32.1. The van der Waals surface area contributed by atoms with Gasteiger partial charge in [-0.15, -0.1) is 11.3 Å². The standard InChI is InChI=1S/C11H13NO4S/c1-5(13)12-10-9(11(15)16)7-3-2-6(14)4-8(7)17-10/h6,14H,2-4H2,1H3,(H,12,13)(H,15,16). The molecule has 1 aromatic rings. The summed E-state index contributed by atoms with van der Waals surface area (Å²) in [5.74, 6) is -1.31. The summed E-state index contributed by atoms with van der Waals surface area (Å²) >= 11 is 1.25. The molecular formula is C11H13NO4S. The van der Waals surface area contributed by atoms with Crippen LogP contribution in [0.3, 0.4) is 0 Å². The number of carbonyl (C=O) groups excluding carboxylic acids is 1. The van der Waals surface area contributed by atoms with Crippen molar-refractivity contribution in [1.82, 2.24) is 0 Å². The molecule has 6 heteroatoms. The van der Waals surface area contributed by atoms with E-state index in [1.807, 2.05) is 0 Å². The van der Waals surface area contributed by atoms with Gasteiger partial charge < -0.3 is 15.5 Å². The molecule has 1 atom stereocenters. The number of fused-ring (bicyclic) bond motifs is 1. The van der Waals surface area contributed by atoms with E-state index in [0.29, 0.717) is 24.3 Å². The average molecular weight is 255 g/mol. The van der Waals surface area contributed by atoms with Crippen LogP contribution in [0.1, 0.15) is 34.1 Å². The number of carboxylic acids is 1. The minimum Gasteiger partial charge on any atom is -0.478 e. The number of hydrogen-bond acceptors (Lipinski definition) is 4. The number of rotatable bonds is 2. The zero-order valence-electron chi connectivity index (χ0n) is 9.32. The Balaban J connectivity index is 2.46. The molecule has 0 saturated heterocycles. The van der Waals surface area contributed by atoms with Gasteiger partial charge in [-0.05, 0) is 18.4 Å². The lowest BCUT2D eigenvalue weighted by molar-refractivity contribution is -0.114. The fourth-order valence-corrected chi connectivity index (χ4v) is 3.40. The summed E-state index contributed by atoms with van der Waals surface area (Å²) in [5.41, 5.74) is 0.948. The smallest absolute Gasteiger partial charge is 0.339 e. The largest absolute Gasteiger partial charge is 0.478 e. The summed E-state index contributed by atoms with van der Waals surface area (Å²) in [5, 5.41) is 21.7.